The summed E-state index contributed by atoms with van der Waals surface area (Å²) in [7, 11) is 1.15. The second-order valence-corrected chi connectivity index (χ2v) is 12.5. The first-order chi connectivity index (χ1) is 20.9. The van der Waals surface area contributed by atoms with E-state index in [9.17, 15) is 23.6 Å². The first-order valence-electron chi connectivity index (χ1n) is 14.1. The fourth-order valence-corrected chi connectivity index (χ4v) is 4.54. The Kier molecular flexibility index (Phi) is 8.94. The van der Waals surface area contributed by atoms with Gasteiger partial charge in [-0.1, -0.05) is 34.6 Å². The second-order valence-electron chi connectivity index (χ2n) is 12.5. The maximum absolute atomic E-state index is 13.7. The molecule has 0 aliphatic heterocycles. The molecular weight excluding hydrogens is 589 g/mol. The van der Waals surface area contributed by atoms with Crippen molar-refractivity contribution in [3.63, 3.8) is 0 Å². The number of nitrogens with zero attached hydrogens (tertiary/aromatic N) is 5. The monoisotopic (exact) mass is 625 g/mol. The maximum Gasteiger partial charge on any atom is 0.411 e. The molecule has 240 valence electrons. The van der Waals surface area contributed by atoms with Crippen LogP contribution in [0.3, 0.4) is 0 Å². The number of anilines is 1. The van der Waals surface area contributed by atoms with Crippen LogP contribution in [0.5, 0.6) is 0 Å². The summed E-state index contributed by atoms with van der Waals surface area (Å²) < 4.78 is 30.9. The highest BCUT2D eigenvalue weighted by Gasteiger charge is 2.38. The molecule has 14 nitrogen and oxygen atoms in total. The van der Waals surface area contributed by atoms with E-state index < -0.39 is 58.5 Å². The Balaban J connectivity index is 1.59. The van der Waals surface area contributed by atoms with Gasteiger partial charge in [-0.2, -0.15) is 0 Å². The lowest BCUT2D eigenvalue weighted by Crippen LogP contribution is -2.47. The lowest BCUT2D eigenvalue weighted by atomic mass is 9.93. The van der Waals surface area contributed by atoms with E-state index >= 15 is 0 Å². The summed E-state index contributed by atoms with van der Waals surface area (Å²) in [6.45, 7) is 13.4. The van der Waals surface area contributed by atoms with Gasteiger partial charge in [0, 0.05) is 11.5 Å². The van der Waals surface area contributed by atoms with Gasteiger partial charge in [0.1, 0.15) is 34.8 Å². The van der Waals surface area contributed by atoms with Crippen molar-refractivity contribution in [2.45, 2.75) is 78.8 Å². The summed E-state index contributed by atoms with van der Waals surface area (Å²) >= 11 is 0. The van der Waals surface area contributed by atoms with Crippen molar-refractivity contribution in [1.29, 1.82) is 0 Å². The zero-order valence-electron chi connectivity index (χ0n) is 26.6. The van der Waals surface area contributed by atoms with E-state index in [4.69, 9.17) is 8.83 Å². The third-order valence-corrected chi connectivity index (χ3v) is 7.06. The molecule has 2 N–H and O–H groups in total. The first kappa shape index (κ1) is 33.0. The van der Waals surface area contributed by atoms with Gasteiger partial charge in [-0.15, -0.1) is 10.2 Å². The van der Waals surface area contributed by atoms with Crippen molar-refractivity contribution < 1.29 is 32.3 Å². The SMILES string of the molecule is COC(=O)Nc1c(C)nc(C(C)(C)C)n(CC(=O)NC(C(=O)c2nnc(C(C)(C)c3nc4ccc(F)cc4o3)o2)C(C)C)c1=O. The van der Waals surface area contributed by atoms with E-state index in [0.717, 1.165) is 11.7 Å². The van der Waals surface area contributed by atoms with Gasteiger partial charge in [0.05, 0.1) is 18.8 Å². The van der Waals surface area contributed by atoms with Crippen molar-refractivity contribution in [3.8, 4) is 0 Å². The van der Waals surface area contributed by atoms with Gasteiger partial charge in [-0.05, 0) is 38.8 Å². The summed E-state index contributed by atoms with van der Waals surface area (Å²) in [4.78, 5) is 61.1. The predicted molar refractivity (Wildman–Crippen MR) is 159 cm³/mol. The van der Waals surface area contributed by atoms with Crippen LogP contribution in [-0.2, 0) is 26.9 Å². The predicted octanol–water partition coefficient (Wildman–Crippen LogP) is 4.04. The number of nitrogens with one attached hydrogen (secondary N) is 2. The summed E-state index contributed by atoms with van der Waals surface area (Å²) in [5, 5.41) is 13.0. The average molecular weight is 626 g/mol. The number of hydrogen-bond donors (Lipinski definition) is 2. The zero-order valence-corrected chi connectivity index (χ0v) is 26.6. The molecule has 0 saturated carbocycles. The summed E-state index contributed by atoms with van der Waals surface area (Å²) in [5.41, 5.74) is -1.61. The van der Waals surface area contributed by atoms with Gasteiger partial charge in [0.15, 0.2) is 5.58 Å². The maximum atomic E-state index is 13.7. The quantitative estimate of drug-likeness (QED) is 0.256. The van der Waals surface area contributed by atoms with Crippen LogP contribution in [0, 0.1) is 18.7 Å². The molecule has 1 atom stereocenters. The van der Waals surface area contributed by atoms with Gasteiger partial charge in [0.2, 0.25) is 23.5 Å². The Morgan fingerprint density at radius 2 is 1.73 bits per heavy atom. The number of hydrogen-bond acceptors (Lipinski definition) is 11. The van der Waals surface area contributed by atoms with E-state index in [1.165, 1.54) is 18.2 Å². The number of rotatable bonds is 9. The average Bonchev–Trinajstić information content (AvgIpc) is 3.62. The minimum atomic E-state index is -1.10. The number of aromatic nitrogens is 5. The Morgan fingerprint density at radius 3 is 2.36 bits per heavy atom. The number of Topliss-reactive ketones (excluding diaryl/α,β-unsaturated/α-hetero) is 1. The standard InChI is InChI=1S/C30H36FN7O7/c1-14(2)20(34-19(39)13-38-24(41)21(35-28(42)43-9)15(3)32-25(38)29(4,5)6)22(40)23-36-37-27(45-23)30(7,8)26-33-17-11-10-16(31)12-18(17)44-26/h10-12,14,20H,13H2,1-9H3,(H,34,39)(H,35,42). The number of oxazole rings is 1. The van der Waals surface area contributed by atoms with Gasteiger partial charge in [0.25, 0.3) is 11.4 Å². The molecule has 1 aromatic carbocycles. The normalized spacial score (nSPS) is 12.8. The number of halogens is 1. The molecule has 45 heavy (non-hydrogen) atoms. The second kappa shape index (κ2) is 12.2. The van der Waals surface area contributed by atoms with Crippen molar-refractivity contribution in [2.75, 3.05) is 12.4 Å². The number of methoxy groups -OCH3 is 1. The van der Waals surface area contributed by atoms with E-state index in [1.807, 2.05) is 20.8 Å². The van der Waals surface area contributed by atoms with E-state index in [0.29, 0.717) is 11.3 Å². The Labute approximate surface area is 257 Å². The number of fused-ring (bicyclic) bond motifs is 1. The fourth-order valence-electron chi connectivity index (χ4n) is 4.54. The molecule has 0 radical (unpaired) electrons. The summed E-state index contributed by atoms with van der Waals surface area (Å²) in [6.07, 6.45) is -0.867. The first-order valence-corrected chi connectivity index (χ1v) is 14.1. The van der Waals surface area contributed by atoms with Crippen molar-refractivity contribution in [3.05, 3.63) is 63.6 Å². The molecule has 2 amide bonds. The third-order valence-electron chi connectivity index (χ3n) is 7.06. The number of benzene rings is 1. The van der Waals surface area contributed by atoms with Crippen molar-refractivity contribution in [2.24, 2.45) is 5.92 Å². The minimum Gasteiger partial charge on any atom is -0.453 e. The van der Waals surface area contributed by atoms with Crippen LogP contribution in [0.25, 0.3) is 11.1 Å². The molecule has 0 bridgehead atoms. The topological polar surface area (TPSA) is 184 Å². The number of carbonyl (C=O) groups is 3. The van der Waals surface area contributed by atoms with Crippen LogP contribution in [0.1, 0.15) is 82.5 Å². The van der Waals surface area contributed by atoms with Gasteiger partial charge >= 0.3 is 6.09 Å². The lowest BCUT2D eigenvalue weighted by molar-refractivity contribution is -0.122. The molecule has 3 aromatic heterocycles. The zero-order chi connectivity index (χ0) is 33.4. The van der Waals surface area contributed by atoms with Gasteiger partial charge < -0.3 is 18.9 Å². The molecule has 0 spiro atoms. The smallest absolute Gasteiger partial charge is 0.411 e. The highest BCUT2D eigenvalue weighted by atomic mass is 19.1. The lowest BCUT2D eigenvalue weighted by Gasteiger charge is -2.25. The molecule has 4 rings (SSSR count). The highest BCUT2D eigenvalue weighted by Crippen LogP contribution is 2.32. The molecule has 1 unspecified atom stereocenters. The molecular formula is C30H36FN7O7. The minimum absolute atomic E-state index is 0.0180. The molecule has 4 aromatic rings. The van der Waals surface area contributed by atoms with Crippen LogP contribution in [0.4, 0.5) is 14.9 Å². The molecule has 15 heteroatoms. The fraction of sp³-hybridized carbons (Fsp3) is 0.467. The number of ether oxygens (including phenoxy) is 1. The molecule has 0 aliphatic rings. The summed E-state index contributed by atoms with van der Waals surface area (Å²) in [6, 6.07) is 2.86. The van der Waals surface area contributed by atoms with E-state index in [-0.39, 0.29) is 34.6 Å². The Bertz CT molecular complexity index is 1830. The molecule has 3 heterocycles. The molecule has 0 saturated heterocycles. The highest BCUT2D eigenvalue weighted by molar-refractivity contribution is 5.98. The largest absolute Gasteiger partial charge is 0.453 e. The third kappa shape index (κ3) is 6.76. The van der Waals surface area contributed by atoms with Crippen LogP contribution in [-0.4, -0.2) is 55.7 Å². The molecule has 0 fully saturated rings. The van der Waals surface area contributed by atoms with Gasteiger partial charge in [-0.3, -0.25) is 24.3 Å². The molecule has 0 aliphatic carbocycles. The van der Waals surface area contributed by atoms with Crippen molar-refractivity contribution in [1.82, 2.24) is 30.0 Å². The number of aryl methyl sites for hydroxylation is 1. The Hall–Kier alpha value is -4.95. The number of carbonyl (C=O) groups excluding carboxylic acids is 3. The van der Waals surface area contributed by atoms with Crippen LogP contribution in [0.15, 0.2) is 31.8 Å². The van der Waals surface area contributed by atoms with Crippen LogP contribution >= 0.6 is 0 Å². The van der Waals surface area contributed by atoms with E-state index in [1.54, 1.807) is 34.6 Å². The summed E-state index contributed by atoms with van der Waals surface area (Å²) in [5.74, 6) is -2.07. The van der Waals surface area contributed by atoms with Crippen molar-refractivity contribution >= 4 is 34.6 Å². The Morgan fingerprint density at radius 1 is 1.04 bits per heavy atom. The van der Waals surface area contributed by atoms with Crippen LogP contribution in [0.2, 0.25) is 0 Å². The van der Waals surface area contributed by atoms with Crippen LogP contribution < -0.4 is 16.2 Å². The van der Waals surface area contributed by atoms with E-state index in [2.05, 4.69) is 35.5 Å². The number of ketones is 1. The van der Waals surface area contributed by atoms with Gasteiger partial charge in [-0.25, -0.2) is 19.2 Å². The number of amides is 2.